The second-order valence-corrected chi connectivity index (χ2v) is 5.36. The summed E-state index contributed by atoms with van der Waals surface area (Å²) in [6.07, 6.45) is 1.77. The fraction of sp³-hybridized carbons (Fsp3) is 0.467. The Morgan fingerprint density at radius 1 is 1.33 bits per heavy atom. The number of carbonyl (C=O) groups excluding carboxylic acids is 2. The van der Waals surface area contributed by atoms with Crippen LogP contribution in [0.15, 0.2) is 24.3 Å². The van der Waals surface area contributed by atoms with Crippen LogP contribution in [0.3, 0.4) is 0 Å². The molecule has 2 atom stereocenters. The van der Waals surface area contributed by atoms with Crippen molar-refractivity contribution in [3.05, 3.63) is 35.4 Å². The second-order valence-electron chi connectivity index (χ2n) is 5.36. The lowest BCUT2D eigenvalue weighted by atomic mass is 9.92. The monoisotopic (exact) mass is 311 g/mol. The smallest absolute Gasteiger partial charge is 0.248 e. The SMILES string of the molecule is C[C@H]1C[C@@H](C(=O)NCc2ccc(C(N)=O)cc2)CCN1.Cl. The molecule has 21 heavy (non-hydrogen) atoms. The third-order valence-corrected chi connectivity index (χ3v) is 3.70. The molecule has 0 aromatic heterocycles. The first-order chi connectivity index (χ1) is 9.56. The Morgan fingerprint density at radius 3 is 2.57 bits per heavy atom. The van der Waals surface area contributed by atoms with Gasteiger partial charge >= 0.3 is 0 Å². The number of halogens is 1. The van der Waals surface area contributed by atoms with Gasteiger partial charge in [0.15, 0.2) is 0 Å². The molecule has 1 saturated heterocycles. The molecular weight excluding hydrogens is 290 g/mol. The molecule has 1 aliphatic rings. The number of primary amides is 1. The van der Waals surface area contributed by atoms with Crippen LogP contribution in [0, 0.1) is 5.92 Å². The number of hydrogen-bond donors (Lipinski definition) is 3. The van der Waals surface area contributed by atoms with E-state index in [1.54, 1.807) is 12.1 Å². The molecule has 2 rings (SSSR count). The minimum atomic E-state index is -0.440. The maximum atomic E-state index is 12.1. The van der Waals surface area contributed by atoms with E-state index in [0.717, 1.165) is 24.9 Å². The van der Waals surface area contributed by atoms with Crippen molar-refractivity contribution in [2.75, 3.05) is 6.54 Å². The molecule has 0 spiro atoms. The van der Waals surface area contributed by atoms with E-state index < -0.39 is 5.91 Å². The van der Waals surface area contributed by atoms with Gasteiger partial charge in [0.05, 0.1) is 0 Å². The molecule has 2 amide bonds. The minimum absolute atomic E-state index is 0. The van der Waals surface area contributed by atoms with Crippen LogP contribution in [0.5, 0.6) is 0 Å². The van der Waals surface area contributed by atoms with Gasteiger partial charge in [0.2, 0.25) is 11.8 Å². The molecule has 5 nitrogen and oxygen atoms in total. The molecule has 1 aromatic carbocycles. The first-order valence-electron chi connectivity index (χ1n) is 6.96. The third kappa shape index (κ3) is 5.02. The summed E-state index contributed by atoms with van der Waals surface area (Å²) in [5.41, 5.74) is 6.62. The van der Waals surface area contributed by atoms with Gasteiger partial charge in [0.1, 0.15) is 0 Å². The Balaban J connectivity index is 0.00000220. The van der Waals surface area contributed by atoms with Gasteiger partial charge < -0.3 is 16.4 Å². The second kappa shape index (κ2) is 8.00. The number of rotatable bonds is 4. The average molecular weight is 312 g/mol. The third-order valence-electron chi connectivity index (χ3n) is 3.70. The maximum absolute atomic E-state index is 12.1. The zero-order valence-electron chi connectivity index (χ0n) is 12.1. The highest BCUT2D eigenvalue weighted by molar-refractivity contribution is 5.92. The average Bonchev–Trinajstić information content (AvgIpc) is 2.45. The molecular formula is C15H22ClN3O2. The summed E-state index contributed by atoms with van der Waals surface area (Å²) < 4.78 is 0. The fourth-order valence-electron chi connectivity index (χ4n) is 2.49. The van der Waals surface area contributed by atoms with Crippen molar-refractivity contribution in [1.29, 1.82) is 0 Å². The Labute approximate surface area is 131 Å². The van der Waals surface area contributed by atoms with Crippen LogP contribution in [-0.2, 0) is 11.3 Å². The molecule has 4 N–H and O–H groups in total. The Bertz CT molecular complexity index is 490. The summed E-state index contributed by atoms with van der Waals surface area (Å²) in [6, 6.07) is 7.37. The summed E-state index contributed by atoms with van der Waals surface area (Å²) >= 11 is 0. The van der Waals surface area contributed by atoms with E-state index in [9.17, 15) is 9.59 Å². The van der Waals surface area contributed by atoms with Gasteiger partial charge in [-0.25, -0.2) is 0 Å². The van der Waals surface area contributed by atoms with E-state index in [0.29, 0.717) is 18.2 Å². The van der Waals surface area contributed by atoms with Crippen molar-refractivity contribution in [2.45, 2.75) is 32.4 Å². The summed E-state index contributed by atoms with van der Waals surface area (Å²) in [4.78, 5) is 23.0. The van der Waals surface area contributed by atoms with E-state index >= 15 is 0 Å². The quantitative estimate of drug-likeness (QED) is 0.781. The maximum Gasteiger partial charge on any atom is 0.248 e. The molecule has 1 heterocycles. The molecule has 116 valence electrons. The van der Waals surface area contributed by atoms with Crippen molar-refractivity contribution in [3.63, 3.8) is 0 Å². The molecule has 0 radical (unpaired) electrons. The zero-order valence-corrected chi connectivity index (χ0v) is 12.9. The van der Waals surface area contributed by atoms with Crippen molar-refractivity contribution in [2.24, 2.45) is 11.7 Å². The predicted octanol–water partition coefficient (Wildman–Crippen LogP) is 1.21. The number of nitrogens with two attached hydrogens (primary N) is 1. The van der Waals surface area contributed by atoms with E-state index in [1.807, 2.05) is 12.1 Å². The van der Waals surface area contributed by atoms with Gasteiger partial charge in [-0.2, -0.15) is 0 Å². The van der Waals surface area contributed by atoms with Gasteiger partial charge in [-0.3, -0.25) is 9.59 Å². The minimum Gasteiger partial charge on any atom is -0.366 e. The van der Waals surface area contributed by atoms with Gasteiger partial charge in [-0.05, 0) is 44.0 Å². The van der Waals surface area contributed by atoms with E-state index in [1.165, 1.54) is 0 Å². The molecule has 0 bridgehead atoms. The summed E-state index contributed by atoms with van der Waals surface area (Å²) in [5.74, 6) is -0.238. The van der Waals surface area contributed by atoms with Crippen LogP contribution in [0.2, 0.25) is 0 Å². The lowest BCUT2D eigenvalue weighted by Gasteiger charge is -2.27. The number of nitrogens with one attached hydrogen (secondary N) is 2. The van der Waals surface area contributed by atoms with Crippen LogP contribution >= 0.6 is 12.4 Å². The summed E-state index contributed by atoms with van der Waals surface area (Å²) in [5, 5.41) is 6.29. The largest absolute Gasteiger partial charge is 0.366 e. The van der Waals surface area contributed by atoms with Gasteiger partial charge in [-0.15, -0.1) is 12.4 Å². The normalized spacial score (nSPS) is 21.2. The van der Waals surface area contributed by atoms with Crippen molar-refractivity contribution in [1.82, 2.24) is 10.6 Å². The molecule has 1 aliphatic heterocycles. The lowest BCUT2D eigenvalue weighted by Crippen LogP contribution is -2.42. The number of benzene rings is 1. The highest BCUT2D eigenvalue weighted by Crippen LogP contribution is 2.16. The Kier molecular flexibility index (Phi) is 6.65. The van der Waals surface area contributed by atoms with E-state index in [-0.39, 0.29) is 24.2 Å². The van der Waals surface area contributed by atoms with Crippen molar-refractivity contribution >= 4 is 24.2 Å². The van der Waals surface area contributed by atoms with Crippen molar-refractivity contribution < 1.29 is 9.59 Å². The van der Waals surface area contributed by atoms with Gasteiger partial charge in [0, 0.05) is 24.1 Å². The molecule has 0 unspecified atom stereocenters. The fourth-order valence-corrected chi connectivity index (χ4v) is 2.49. The summed E-state index contributed by atoms with van der Waals surface area (Å²) in [7, 11) is 0. The first kappa shape index (κ1) is 17.5. The molecule has 6 heteroatoms. The molecule has 0 aliphatic carbocycles. The number of hydrogen-bond acceptors (Lipinski definition) is 3. The van der Waals surface area contributed by atoms with Gasteiger partial charge in [0.25, 0.3) is 0 Å². The van der Waals surface area contributed by atoms with E-state index in [4.69, 9.17) is 5.73 Å². The van der Waals surface area contributed by atoms with Crippen LogP contribution < -0.4 is 16.4 Å². The van der Waals surface area contributed by atoms with Crippen molar-refractivity contribution in [3.8, 4) is 0 Å². The van der Waals surface area contributed by atoms with Crippen LogP contribution in [0.1, 0.15) is 35.7 Å². The lowest BCUT2D eigenvalue weighted by molar-refractivity contribution is -0.126. The number of amides is 2. The first-order valence-corrected chi connectivity index (χ1v) is 6.96. The molecule has 1 fully saturated rings. The predicted molar refractivity (Wildman–Crippen MR) is 84.2 cm³/mol. The number of piperidine rings is 1. The van der Waals surface area contributed by atoms with Crippen LogP contribution in [0.4, 0.5) is 0 Å². The Morgan fingerprint density at radius 2 is 2.00 bits per heavy atom. The molecule has 1 aromatic rings. The van der Waals surface area contributed by atoms with Crippen LogP contribution in [-0.4, -0.2) is 24.4 Å². The van der Waals surface area contributed by atoms with Gasteiger partial charge in [-0.1, -0.05) is 12.1 Å². The highest BCUT2D eigenvalue weighted by atomic mass is 35.5. The zero-order chi connectivity index (χ0) is 14.5. The summed E-state index contributed by atoms with van der Waals surface area (Å²) in [6.45, 7) is 3.48. The standard InChI is InChI=1S/C15H21N3O2.ClH/c1-10-8-13(6-7-17-10)15(20)18-9-11-2-4-12(5-3-11)14(16)19;/h2-5,10,13,17H,6-9H2,1H3,(H2,16,19)(H,18,20);1H/t10-,13-;/m0./s1. The topological polar surface area (TPSA) is 84.2 Å². The van der Waals surface area contributed by atoms with Crippen LogP contribution in [0.25, 0.3) is 0 Å². The number of carbonyl (C=O) groups is 2. The molecule has 0 saturated carbocycles. The van der Waals surface area contributed by atoms with E-state index in [2.05, 4.69) is 17.6 Å². The Hall–Kier alpha value is -1.59. The highest BCUT2D eigenvalue weighted by Gasteiger charge is 2.24.